The number of halogens is 3. The summed E-state index contributed by atoms with van der Waals surface area (Å²) >= 11 is 19.0. The Morgan fingerprint density at radius 2 is 1.94 bits per heavy atom. The molecule has 3 atom stereocenters. The van der Waals surface area contributed by atoms with Crippen molar-refractivity contribution >= 4 is 73.9 Å². The summed E-state index contributed by atoms with van der Waals surface area (Å²) in [5, 5.41) is 24.6. The lowest BCUT2D eigenvalue weighted by Gasteiger charge is -2.38. The van der Waals surface area contributed by atoms with Gasteiger partial charge in [-0.05, 0) is 51.3 Å². The molecule has 0 aliphatic carbocycles. The van der Waals surface area contributed by atoms with Crippen LogP contribution in [0.15, 0.2) is 16.5 Å². The van der Waals surface area contributed by atoms with Gasteiger partial charge in [-0.2, -0.15) is 0 Å². The predicted octanol–water partition coefficient (Wildman–Crippen LogP) is 4.69. The van der Waals surface area contributed by atoms with Gasteiger partial charge in [-0.15, -0.1) is 5.10 Å². The Hall–Kier alpha value is -1.05. The number of carbonyl (C=O) groups is 1. The van der Waals surface area contributed by atoms with Crippen LogP contribution < -0.4 is 9.96 Å². The molecule has 2 heterocycles. The lowest BCUT2D eigenvalue weighted by atomic mass is 10.3. The van der Waals surface area contributed by atoms with Crippen molar-refractivity contribution in [2.24, 2.45) is 0 Å². The lowest BCUT2D eigenvalue weighted by molar-refractivity contribution is 0.0553. The molecule has 31 heavy (non-hydrogen) atoms. The molecule has 0 radical (unpaired) electrons. The van der Waals surface area contributed by atoms with Gasteiger partial charge in [0.25, 0.3) is 6.23 Å². The van der Waals surface area contributed by atoms with Crippen molar-refractivity contribution in [2.45, 2.75) is 36.1 Å². The second kappa shape index (κ2) is 9.06. The molecule has 2 aromatic rings. The molecule has 1 aromatic carbocycles. The van der Waals surface area contributed by atoms with E-state index in [0.29, 0.717) is 5.02 Å². The van der Waals surface area contributed by atoms with Crippen LogP contribution in [0.1, 0.15) is 20.8 Å². The topological polar surface area (TPSA) is 107 Å². The lowest BCUT2D eigenvalue weighted by Crippen LogP contribution is -2.51. The van der Waals surface area contributed by atoms with E-state index in [1.165, 1.54) is 12.1 Å². The molecule has 3 rings (SSSR count). The summed E-state index contributed by atoms with van der Waals surface area (Å²) < 4.78 is 16.6. The summed E-state index contributed by atoms with van der Waals surface area (Å²) in [4.78, 5) is 14.2. The maximum absolute atomic E-state index is 13.6. The first-order chi connectivity index (χ1) is 14.3. The first-order valence-electron chi connectivity index (χ1n) is 8.96. The van der Waals surface area contributed by atoms with Crippen molar-refractivity contribution in [3.8, 4) is 0 Å². The highest BCUT2D eigenvalue weighted by molar-refractivity contribution is 7.88. The van der Waals surface area contributed by atoms with E-state index < -0.39 is 32.5 Å². The molecule has 1 N–H and O–H groups in total. The summed E-state index contributed by atoms with van der Waals surface area (Å²) in [5.74, 6) is 0. The Bertz CT molecular complexity index is 1010. The number of nitrogens with one attached hydrogen (secondary N) is 1. The van der Waals surface area contributed by atoms with Gasteiger partial charge in [0.05, 0.1) is 33.1 Å². The molecule has 1 aliphatic heterocycles. The number of rotatable bonds is 4. The number of hydrogen-bond donors (Lipinski definition) is 1. The van der Waals surface area contributed by atoms with Crippen LogP contribution in [0.5, 0.6) is 0 Å². The average Bonchev–Trinajstić information content (AvgIpc) is 3.22. The third-order valence-electron chi connectivity index (χ3n) is 4.30. The van der Waals surface area contributed by atoms with Crippen LogP contribution in [0.25, 0.3) is 0 Å². The van der Waals surface area contributed by atoms with Crippen LogP contribution in [-0.4, -0.2) is 56.6 Å². The fourth-order valence-electron chi connectivity index (χ4n) is 2.82. The number of hydroxylamine groups is 2. The molecule has 3 unspecified atom stereocenters. The van der Waals surface area contributed by atoms with Crippen molar-refractivity contribution in [1.29, 1.82) is 0 Å². The van der Waals surface area contributed by atoms with Crippen molar-refractivity contribution in [1.82, 2.24) is 19.7 Å². The smallest absolute Gasteiger partial charge is 0.416 e. The molecule has 1 aromatic heterocycles. The average molecular weight is 529 g/mol. The number of ether oxygens (including phenoxy) is 1. The van der Waals surface area contributed by atoms with Crippen LogP contribution in [0, 0.1) is 5.21 Å². The molecular weight excluding hydrogens is 509 g/mol. The van der Waals surface area contributed by atoms with Gasteiger partial charge >= 0.3 is 11.2 Å². The van der Waals surface area contributed by atoms with Gasteiger partial charge < -0.3 is 9.94 Å². The minimum Gasteiger partial charge on any atom is -0.622 e. The van der Waals surface area contributed by atoms with E-state index in [1.54, 1.807) is 32.7 Å². The molecule has 170 valence electrons. The molecule has 0 saturated carbocycles. The van der Waals surface area contributed by atoms with E-state index in [4.69, 9.17) is 39.5 Å². The zero-order valence-corrected chi connectivity index (χ0v) is 20.9. The number of aromatic nitrogens is 2. The van der Waals surface area contributed by atoms with Crippen molar-refractivity contribution in [3.63, 3.8) is 0 Å². The van der Waals surface area contributed by atoms with Gasteiger partial charge in [0, 0.05) is 9.77 Å². The van der Waals surface area contributed by atoms with E-state index in [2.05, 4.69) is 15.5 Å². The Balaban J connectivity index is 1.81. The molecule has 0 bridgehead atoms. The van der Waals surface area contributed by atoms with Crippen LogP contribution in [0.2, 0.25) is 15.1 Å². The zero-order chi connectivity index (χ0) is 23.1. The van der Waals surface area contributed by atoms with Gasteiger partial charge in [0.2, 0.25) is 4.34 Å². The Morgan fingerprint density at radius 3 is 2.52 bits per heavy atom. The molecule has 1 saturated heterocycles. The second-order valence-electron chi connectivity index (χ2n) is 7.94. The molecule has 0 spiro atoms. The fourth-order valence-corrected chi connectivity index (χ4v) is 6.30. The maximum Gasteiger partial charge on any atom is 0.416 e. The molecule has 1 aliphatic rings. The number of quaternary nitrogens is 1. The third kappa shape index (κ3) is 5.31. The Morgan fingerprint density at radius 1 is 1.32 bits per heavy atom. The number of likely N-dealkylation sites (N-methyl/N-ethyl adjacent to an activating group) is 1. The summed E-state index contributed by atoms with van der Waals surface area (Å²) in [6, 6.07) is 2.83. The van der Waals surface area contributed by atoms with E-state index in [-0.39, 0.29) is 38.4 Å². The Labute approximate surface area is 200 Å². The third-order valence-corrected chi connectivity index (χ3v) is 8.16. The summed E-state index contributed by atoms with van der Waals surface area (Å²) in [6.07, 6.45) is -2.04. The second-order valence-corrected chi connectivity index (χ2v) is 12.6. The highest BCUT2D eigenvalue weighted by atomic mass is 35.5. The van der Waals surface area contributed by atoms with E-state index in [1.807, 2.05) is 0 Å². The molecule has 1 fully saturated rings. The standard InChI is InChI=1S/C17H20Cl3N5O4S2/c1-17(2,3)31(28)16-23-22-14(30-16)25(27)8-24(4)7-12(25)29-15(26)21-13-10(19)5-9(18)6-11(13)20/h5-6,12H,7-8H2,1-4H3,(H,21,26). The number of carbonyl (C=O) groups excluding carboxylic acids is 1. The van der Waals surface area contributed by atoms with Gasteiger partial charge in [0.15, 0.2) is 0 Å². The summed E-state index contributed by atoms with van der Waals surface area (Å²) in [5.41, 5.74) is 0.117. The highest BCUT2D eigenvalue weighted by Gasteiger charge is 2.46. The quantitative estimate of drug-likeness (QED) is 0.453. The minimum absolute atomic E-state index is 0.0167. The maximum atomic E-state index is 13.6. The molecule has 14 heteroatoms. The van der Waals surface area contributed by atoms with Crippen LogP contribution in [-0.2, 0) is 15.5 Å². The summed E-state index contributed by atoms with van der Waals surface area (Å²) in [6.45, 7) is 5.56. The molecule has 9 nitrogen and oxygen atoms in total. The number of benzene rings is 1. The SMILES string of the molecule is CN1CC(OC(=O)Nc2c(Cl)cc(Cl)cc2Cl)[N+]([O-])(c2nnc(S(=O)C(C)(C)C)s2)C1. The number of nitrogens with zero attached hydrogens (tertiary/aromatic N) is 4. The zero-order valence-electron chi connectivity index (χ0n) is 17.0. The molecule has 1 amide bonds. The molecular formula is C17H20Cl3N5O4S2. The van der Waals surface area contributed by atoms with Gasteiger partial charge in [-0.3, -0.25) is 14.2 Å². The van der Waals surface area contributed by atoms with E-state index >= 15 is 0 Å². The number of amides is 1. The first kappa shape index (κ1) is 24.6. The van der Waals surface area contributed by atoms with Crippen LogP contribution >= 0.6 is 46.1 Å². The van der Waals surface area contributed by atoms with Crippen LogP contribution in [0.4, 0.5) is 15.6 Å². The Kier molecular flexibility index (Phi) is 7.19. The van der Waals surface area contributed by atoms with Gasteiger partial charge in [0.1, 0.15) is 6.67 Å². The van der Waals surface area contributed by atoms with E-state index in [0.717, 1.165) is 11.3 Å². The minimum atomic E-state index is -1.44. The van der Waals surface area contributed by atoms with Crippen LogP contribution in [0.3, 0.4) is 0 Å². The number of hydrogen-bond acceptors (Lipinski definition) is 8. The predicted molar refractivity (Wildman–Crippen MR) is 124 cm³/mol. The van der Waals surface area contributed by atoms with Crippen molar-refractivity contribution in [3.05, 3.63) is 32.4 Å². The first-order valence-corrected chi connectivity index (χ1v) is 12.1. The fraction of sp³-hybridized carbons (Fsp3) is 0.471. The van der Waals surface area contributed by atoms with Gasteiger partial charge in [-0.1, -0.05) is 39.9 Å². The monoisotopic (exact) mass is 527 g/mol. The van der Waals surface area contributed by atoms with Crippen molar-refractivity contribution in [2.75, 3.05) is 25.6 Å². The van der Waals surface area contributed by atoms with E-state index in [9.17, 15) is 14.2 Å². The largest absolute Gasteiger partial charge is 0.622 e. The van der Waals surface area contributed by atoms with Crippen molar-refractivity contribution < 1.29 is 13.7 Å². The number of anilines is 1. The summed E-state index contributed by atoms with van der Waals surface area (Å²) in [7, 11) is 0.276. The highest BCUT2D eigenvalue weighted by Crippen LogP contribution is 2.37. The normalized spacial score (nSPS) is 23.0. The van der Waals surface area contributed by atoms with Gasteiger partial charge in [-0.25, -0.2) is 9.69 Å².